The summed E-state index contributed by atoms with van der Waals surface area (Å²) in [6, 6.07) is 3.30. The summed E-state index contributed by atoms with van der Waals surface area (Å²) in [6.45, 7) is 0. The van der Waals surface area contributed by atoms with Crippen LogP contribution in [0.1, 0.15) is 16.3 Å². The standard InChI is InChI=1S/C9H8N4O/c1-13-6-3-7(12-13)8(14)9-10-4-2-5-11-9/h2-6H,1H3. The van der Waals surface area contributed by atoms with Crippen LogP contribution in [0, 0.1) is 0 Å². The van der Waals surface area contributed by atoms with Gasteiger partial charge in [-0.2, -0.15) is 5.10 Å². The molecule has 0 aromatic carbocycles. The molecule has 0 aliphatic heterocycles. The van der Waals surface area contributed by atoms with Crippen LogP contribution in [-0.2, 0) is 7.05 Å². The maximum atomic E-state index is 11.7. The molecule has 2 rings (SSSR count). The van der Waals surface area contributed by atoms with Crippen LogP contribution in [0.3, 0.4) is 0 Å². The van der Waals surface area contributed by atoms with Crippen LogP contribution < -0.4 is 0 Å². The lowest BCUT2D eigenvalue weighted by Gasteiger charge is -1.93. The molecule has 2 aromatic rings. The van der Waals surface area contributed by atoms with Crippen molar-refractivity contribution in [1.82, 2.24) is 19.7 Å². The smallest absolute Gasteiger partial charge is 0.250 e. The quantitative estimate of drug-likeness (QED) is 0.641. The molecule has 2 aromatic heterocycles. The van der Waals surface area contributed by atoms with E-state index in [-0.39, 0.29) is 11.6 Å². The van der Waals surface area contributed by atoms with Crippen LogP contribution in [0.4, 0.5) is 0 Å². The van der Waals surface area contributed by atoms with Crippen molar-refractivity contribution in [3.63, 3.8) is 0 Å². The Balaban J connectivity index is 2.34. The number of carbonyl (C=O) groups is 1. The molecular formula is C9H8N4O. The third kappa shape index (κ3) is 1.52. The highest BCUT2D eigenvalue weighted by Crippen LogP contribution is 2.01. The van der Waals surface area contributed by atoms with Gasteiger partial charge >= 0.3 is 0 Å². The molecule has 0 atom stereocenters. The predicted octanol–water partition coefficient (Wildman–Crippen LogP) is 0.441. The minimum Gasteiger partial charge on any atom is -0.283 e. The molecule has 0 radical (unpaired) electrons. The van der Waals surface area contributed by atoms with E-state index in [4.69, 9.17) is 0 Å². The first kappa shape index (κ1) is 8.55. The summed E-state index contributed by atoms with van der Waals surface area (Å²) in [5.41, 5.74) is 0.360. The van der Waals surface area contributed by atoms with E-state index in [1.807, 2.05) is 0 Å². The van der Waals surface area contributed by atoms with Gasteiger partial charge < -0.3 is 0 Å². The van der Waals surface area contributed by atoms with Gasteiger partial charge in [0.25, 0.3) is 0 Å². The highest BCUT2D eigenvalue weighted by molar-refractivity contribution is 6.04. The molecular weight excluding hydrogens is 180 g/mol. The number of hydrogen-bond donors (Lipinski definition) is 0. The Hall–Kier alpha value is -2.04. The number of aryl methyl sites for hydroxylation is 1. The van der Waals surface area contributed by atoms with E-state index in [0.29, 0.717) is 5.69 Å². The topological polar surface area (TPSA) is 60.7 Å². The molecule has 5 heteroatoms. The Morgan fingerprint density at radius 2 is 2.07 bits per heavy atom. The molecule has 5 nitrogen and oxygen atoms in total. The van der Waals surface area contributed by atoms with E-state index in [9.17, 15) is 4.79 Å². The van der Waals surface area contributed by atoms with E-state index in [2.05, 4.69) is 15.1 Å². The molecule has 0 N–H and O–H groups in total. The predicted molar refractivity (Wildman–Crippen MR) is 48.7 cm³/mol. The van der Waals surface area contributed by atoms with Gasteiger partial charge in [-0.1, -0.05) is 0 Å². The summed E-state index contributed by atoms with van der Waals surface area (Å²) in [7, 11) is 1.75. The zero-order valence-corrected chi connectivity index (χ0v) is 7.58. The van der Waals surface area contributed by atoms with Crippen LogP contribution in [-0.4, -0.2) is 25.5 Å². The summed E-state index contributed by atoms with van der Waals surface area (Å²) in [4.78, 5) is 19.4. The first-order valence-corrected chi connectivity index (χ1v) is 4.09. The van der Waals surface area contributed by atoms with Gasteiger partial charge in [0.1, 0.15) is 5.69 Å². The van der Waals surface area contributed by atoms with Crippen molar-refractivity contribution in [2.75, 3.05) is 0 Å². The molecule has 0 saturated heterocycles. The average molecular weight is 188 g/mol. The maximum Gasteiger partial charge on any atom is 0.250 e. The number of carbonyl (C=O) groups excluding carboxylic acids is 1. The van der Waals surface area contributed by atoms with Crippen molar-refractivity contribution in [2.24, 2.45) is 7.05 Å². The third-order valence-electron chi connectivity index (χ3n) is 1.72. The Bertz CT molecular complexity index is 449. The molecule has 0 unspecified atom stereocenters. The SMILES string of the molecule is Cn1ccc(C(=O)c2ncccn2)n1. The molecule has 70 valence electrons. The Labute approximate surface area is 80.4 Å². The zero-order valence-electron chi connectivity index (χ0n) is 7.58. The van der Waals surface area contributed by atoms with E-state index in [1.54, 1.807) is 30.1 Å². The third-order valence-corrected chi connectivity index (χ3v) is 1.72. The molecule has 0 fully saturated rings. The summed E-state index contributed by atoms with van der Waals surface area (Å²) >= 11 is 0. The van der Waals surface area contributed by atoms with Crippen molar-refractivity contribution in [2.45, 2.75) is 0 Å². The summed E-state index contributed by atoms with van der Waals surface area (Å²) in [5.74, 6) is -0.0857. The molecule has 2 heterocycles. The second-order valence-electron chi connectivity index (χ2n) is 2.78. The van der Waals surface area contributed by atoms with Gasteiger partial charge in [0, 0.05) is 25.6 Å². The number of nitrogens with zero attached hydrogens (tertiary/aromatic N) is 4. The fourth-order valence-corrected chi connectivity index (χ4v) is 1.07. The van der Waals surface area contributed by atoms with Crippen molar-refractivity contribution < 1.29 is 4.79 Å². The van der Waals surface area contributed by atoms with Gasteiger partial charge in [0.15, 0.2) is 0 Å². The molecule has 0 bridgehead atoms. The molecule has 0 aliphatic carbocycles. The van der Waals surface area contributed by atoms with Gasteiger partial charge in [0.2, 0.25) is 11.6 Å². The Morgan fingerprint density at radius 1 is 1.36 bits per heavy atom. The minimum absolute atomic E-state index is 0.172. The van der Waals surface area contributed by atoms with Crippen molar-refractivity contribution in [3.05, 3.63) is 42.2 Å². The highest BCUT2D eigenvalue weighted by atomic mass is 16.1. The Kier molecular flexibility index (Phi) is 2.06. The van der Waals surface area contributed by atoms with Gasteiger partial charge in [0.05, 0.1) is 0 Å². The molecule has 14 heavy (non-hydrogen) atoms. The molecule has 0 spiro atoms. The number of hydrogen-bond acceptors (Lipinski definition) is 4. The largest absolute Gasteiger partial charge is 0.283 e. The van der Waals surface area contributed by atoms with Crippen LogP contribution in [0.5, 0.6) is 0 Å². The van der Waals surface area contributed by atoms with Crippen LogP contribution >= 0.6 is 0 Å². The minimum atomic E-state index is -0.258. The monoisotopic (exact) mass is 188 g/mol. The molecule has 0 saturated carbocycles. The fraction of sp³-hybridized carbons (Fsp3) is 0.111. The van der Waals surface area contributed by atoms with Crippen LogP contribution in [0.15, 0.2) is 30.7 Å². The summed E-state index contributed by atoms with van der Waals surface area (Å²) in [5, 5.41) is 3.97. The second kappa shape index (κ2) is 3.37. The zero-order chi connectivity index (χ0) is 9.97. The first-order valence-electron chi connectivity index (χ1n) is 4.09. The highest BCUT2D eigenvalue weighted by Gasteiger charge is 2.13. The molecule has 0 amide bonds. The summed E-state index contributed by atoms with van der Waals surface area (Å²) in [6.07, 6.45) is 4.77. The number of rotatable bonds is 2. The van der Waals surface area contributed by atoms with E-state index in [1.165, 1.54) is 12.4 Å². The summed E-state index contributed by atoms with van der Waals surface area (Å²) < 4.78 is 1.57. The van der Waals surface area contributed by atoms with Crippen LogP contribution in [0.2, 0.25) is 0 Å². The van der Waals surface area contributed by atoms with Crippen LogP contribution in [0.25, 0.3) is 0 Å². The van der Waals surface area contributed by atoms with Gasteiger partial charge in [-0.25, -0.2) is 9.97 Å². The van der Waals surface area contributed by atoms with Crippen molar-refractivity contribution in [1.29, 1.82) is 0 Å². The van der Waals surface area contributed by atoms with Gasteiger partial charge in [-0.05, 0) is 12.1 Å². The first-order chi connectivity index (χ1) is 6.77. The normalized spacial score (nSPS) is 10.1. The average Bonchev–Trinajstić information content (AvgIpc) is 2.65. The van der Waals surface area contributed by atoms with E-state index < -0.39 is 0 Å². The number of aromatic nitrogens is 4. The van der Waals surface area contributed by atoms with E-state index >= 15 is 0 Å². The van der Waals surface area contributed by atoms with Crippen molar-refractivity contribution >= 4 is 5.78 Å². The Morgan fingerprint density at radius 3 is 2.64 bits per heavy atom. The fourth-order valence-electron chi connectivity index (χ4n) is 1.07. The molecule has 0 aliphatic rings. The van der Waals surface area contributed by atoms with E-state index in [0.717, 1.165) is 0 Å². The van der Waals surface area contributed by atoms with Crippen molar-refractivity contribution in [3.8, 4) is 0 Å². The van der Waals surface area contributed by atoms with Gasteiger partial charge in [-0.3, -0.25) is 9.48 Å². The lowest BCUT2D eigenvalue weighted by atomic mass is 10.3. The maximum absolute atomic E-state index is 11.7. The van der Waals surface area contributed by atoms with Gasteiger partial charge in [-0.15, -0.1) is 0 Å². The second-order valence-corrected chi connectivity index (χ2v) is 2.78. The number of ketones is 1. The lowest BCUT2D eigenvalue weighted by molar-refractivity contribution is 0.102. The lowest BCUT2D eigenvalue weighted by Crippen LogP contribution is -2.07.